The summed E-state index contributed by atoms with van der Waals surface area (Å²) in [7, 11) is 3.99. The zero-order valence-corrected chi connectivity index (χ0v) is 19.0. The lowest BCUT2D eigenvalue weighted by Gasteiger charge is -2.15. The van der Waals surface area contributed by atoms with Crippen LogP contribution in [0, 0.1) is 0 Å². The molecule has 30 heavy (non-hydrogen) atoms. The third-order valence-corrected chi connectivity index (χ3v) is 6.16. The average Bonchev–Trinajstić information content (AvgIpc) is 3.33. The van der Waals surface area contributed by atoms with Gasteiger partial charge in [0.15, 0.2) is 5.17 Å². The van der Waals surface area contributed by atoms with E-state index in [4.69, 9.17) is 9.41 Å². The molecule has 1 aliphatic rings. The summed E-state index contributed by atoms with van der Waals surface area (Å²) in [6, 6.07) is 19.4. The molecule has 0 atom stereocenters. The van der Waals surface area contributed by atoms with E-state index in [2.05, 4.69) is 15.9 Å². The van der Waals surface area contributed by atoms with Gasteiger partial charge in [-0.1, -0.05) is 24.3 Å². The molecular formula is C23H20BrN3O2S. The Morgan fingerprint density at radius 1 is 1.13 bits per heavy atom. The Balaban J connectivity index is 1.68. The van der Waals surface area contributed by atoms with Gasteiger partial charge in [0, 0.05) is 18.6 Å². The molecule has 7 heteroatoms. The molecule has 0 bridgehead atoms. The predicted octanol–water partition coefficient (Wildman–Crippen LogP) is 5.91. The van der Waals surface area contributed by atoms with Crippen LogP contribution in [0.5, 0.6) is 0 Å². The van der Waals surface area contributed by atoms with Crippen LogP contribution in [0.4, 0.5) is 11.4 Å². The Hall–Kier alpha value is -2.77. The minimum Gasteiger partial charge on any atom is -0.467 e. The summed E-state index contributed by atoms with van der Waals surface area (Å²) >= 11 is 4.99. The number of halogens is 1. The fourth-order valence-electron chi connectivity index (χ4n) is 3.03. The fraction of sp³-hybridized carbons (Fsp3) is 0.130. The molecule has 0 unspecified atom stereocenters. The highest BCUT2D eigenvalue weighted by Crippen LogP contribution is 2.36. The first kappa shape index (κ1) is 20.5. The molecule has 3 aromatic rings. The predicted molar refractivity (Wildman–Crippen MR) is 127 cm³/mol. The maximum atomic E-state index is 13.2. The van der Waals surface area contributed by atoms with Crippen molar-refractivity contribution in [2.75, 3.05) is 19.0 Å². The van der Waals surface area contributed by atoms with Crippen molar-refractivity contribution in [2.24, 2.45) is 4.99 Å². The van der Waals surface area contributed by atoms with Crippen molar-refractivity contribution < 1.29 is 9.21 Å². The summed E-state index contributed by atoms with van der Waals surface area (Å²) in [5, 5.41) is 0.637. The van der Waals surface area contributed by atoms with Gasteiger partial charge in [-0.25, -0.2) is 4.99 Å². The Labute approximate surface area is 188 Å². The number of thioether (sulfide) groups is 1. The van der Waals surface area contributed by atoms with Crippen LogP contribution in [-0.4, -0.2) is 30.1 Å². The van der Waals surface area contributed by atoms with Crippen molar-refractivity contribution in [3.8, 4) is 0 Å². The van der Waals surface area contributed by atoms with Crippen LogP contribution in [-0.2, 0) is 11.3 Å². The second kappa shape index (κ2) is 8.93. The standard InChI is InChI=1S/C23H20BrN3O2S/c1-26(2)20-11-10-16(13-19(20)24)14-21-22(28)27(15-18-9-6-12-29-18)23(30-21)25-17-7-4-3-5-8-17/h3-14H,15H2,1-2H3/b21-14-,25-23?. The maximum absolute atomic E-state index is 13.2. The maximum Gasteiger partial charge on any atom is 0.267 e. The summed E-state index contributed by atoms with van der Waals surface area (Å²) in [6.07, 6.45) is 3.51. The average molecular weight is 482 g/mol. The molecule has 1 aliphatic heterocycles. The third kappa shape index (κ3) is 4.52. The van der Waals surface area contributed by atoms with Crippen molar-refractivity contribution in [3.63, 3.8) is 0 Å². The fourth-order valence-corrected chi connectivity index (χ4v) is 4.78. The van der Waals surface area contributed by atoms with Crippen LogP contribution in [0.3, 0.4) is 0 Å². The van der Waals surface area contributed by atoms with Crippen LogP contribution in [0.1, 0.15) is 11.3 Å². The van der Waals surface area contributed by atoms with Crippen LogP contribution in [0.25, 0.3) is 6.08 Å². The van der Waals surface area contributed by atoms with Crippen molar-refractivity contribution in [1.82, 2.24) is 4.90 Å². The number of carbonyl (C=O) groups is 1. The third-order valence-electron chi connectivity index (χ3n) is 4.51. The van der Waals surface area contributed by atoms with Crippen molar-refractivity contribution in [3.05, 3.63) is 87.6 Å². The zero-order chi connectivity index (χ0) is 21.1. The number of anilines is 1. The summed E-state index contributed by atoms with van der Waals surface area (Å²) < 4.78 is 6.43. The number of rotatable bonds is 5. The van der Waals surface area contributed by atoms with Gasteiger partial charge in [0.25, 0.3) is 5.91 Å². The lowest BCUT2D eigenvalue weighted by atomic mass is 10.2. The first-order valence-electron chi connectivity index (χ1n) is 9.35. The smallest absolute Gasteiger partial charge is 0.267 e. The quantitative estimate of drug-likeness (QED) is 0.424. The normalized spacial score (nSPS) is 16.6. The lowest BCUT2D eigenvalue weighted by Crippen LogP contribution is -2.28. The molecule has 1 amide bonds. The Bertz CT molecular complexity index is 1110. The second-order valence-electron chi connectivity index (χ2n) is 6.92. The molecule has 2 aromatic carbocycles. The van der Waals surface area contributed by atoms with Crippen LogP contribution >= 0.6 is 27.7 Å². The summed E-state index contributed by atoms with van der Waals surface area (Å²) in [5.41, 5.74) is 2.83. The summed E-state index contributed by atoms with van der Waals surface area (Å²) in [6.45, 7) is 0.338. The number of para-hydroxylation sites is 1. The molecule has 0 spiro atoms. The number of amides is 1. The summed E-state index contributed by atoms with van der Waals surface area (Å²) in [5.74, 6) is 0.628. The highest BCUT2D eigenvalue weighted by atomic mass is 79.9. The number of carbonyl (C=O) groups excluding carboxylic acids is 1. The van der Waals surface area contributed by atoms with Gasteiger partial charge in [-0.05, 0) is 75.7 Å². The van der Waals surface area contributed by atoms with E-state index in [1.807, 2.05) is 85.7 Å². The highest BCUT2D eigenvalue weighted by Gasteiger charge is 2.34. The second-order valence-corrected chi connectivity index (χ2v) is 8.78. The number of benzene rings is 2. The summed E-state index contributed by atoms with van der Waals surface area (Å²) in [4.78, 5) is 22.2. The van der Waals surface area contributed by atoms with E-state index in [1.165, 1.54) is 11.8 Å². The van der Waals surface area contributed by atoms with Gasteiger partial charge in [0.2, 0.25) is 0 Å². The largest absolute Gasteiger partial charge is 0.467 e. The molecule has 1 fully saturated rings. The van der Waals surface area contributed by atoms with Gasteiger partial charge in [-0.3, -0.25) is 9.69 Å². The van der Waals surface area contributed by atoms with E-state index >= 15 is 0 Å². The first-order chi connectivity index (χ1) is 14.5. The van der Waals surface area contributed by atoms with E-state index in [0.29, 0.717) is 22.4 Å². The molecule has 1 saturated heterocycles. The zero-order valence-electron chi connectivity index (χ0n) is 16.6. The molecule has 152 valence electrons. The van der Waals surface area contributed by atoms with E-state index in [1.54, 1.807) is 11.2 Å². The molecule has 0 N–H and O–H groups in total. The Morgan fingerprint density at radius 3 is 2.60 bits per heavy atom. The molecule has 0 saturated carbocycles. The van der Waals surface area contributed by atoms with Crippen LogP contribution in [0.2, 0.25) is 0 Å². The van der Waals surface area contributed by atoms with Gasteiger partial charge in [-0.2, -0.15) is 0 Å². The number of hydrogen-bond acceptors (Lipinski definition) is 5. The number of amidine groups is 1. The highest BCUT2D eigenvalue weighted by molar-refractivity contribution is 9.10. The van der Waals surface area contributed by atoms with E-state index in [-0.39, 0.29) is 5.91 Å². The molecule has 1 aromatic heterocycles. The molecule has 0 radical (unpaired) electrons. The van der Waals surface area contributed by atoms with E-state index < -0.39 is 0 Å². The van der Waals surface area contributed by atoms with Gasteiger partial charge < -0.3 is 9.32 Å². The number of nitrogens with zero attached hydrogens (tertiary/aromatic N) is 3. The van der Waals surface area contributed by atoms with Gasteiger partial charge in [0.1, 0.15) is 5.76 Å². The van der Waals surface area contributed by atoms with Gasteiger partial charge in [-0.15, -0.1) is 0 Å². The number of furan rings is 1. The number of hydrogen-bond donors (Lipinski definition) is 0. The van der Waals surface area contributed by atoms with Gasteiger partial charge in [0.05, 0.1) is 29.1 Å². The molecule has 5 nitrogen and oxygen atoms in total. The molecule has 2 heterocycles. The number of aliphatic imine (C=N–C) groups is 1. The van der Waals surface area contributed by atoms with Crippen LogP contribution < -0.4 is 4.90 Å². The Kier molecular flexibility index (Phi) is 6.11. The van der Waals surface area contributed by atoms with Gasteiger partial charge >= 0.3 is 0 Å². The topological polar surface area (TPSA) is 49.0 Å². The minimum atomic E-state index is -0.0844. The minimum absolute atomic E-state index is 0.0844. The van der Waals surface area contributed by atoms with Crippen molar-refractivity contribution in [1.29, 1.82) is 0 Å². The molecular weight excluding hydrogens is 462 g/mol. The monoisotopic (exact) mass is 481 g/mol. The van der Waals surface area contributed by atoms with E-state index in [0.717, 1.165) is 21.4 Å². The van der Waals surface area contributed by atoms with Crippen molar-refractivity contribution >= 4 is 56.2 Å². The SMILES string of the molecule is CN(C)c1ccc(/C=C2\SC(=Nc3ccccc3)N(Cc3ccco3)C2=O)cc1Br. The van der Waals surface area contributed by atoms with Crippen molar-refractivity contribution in [2.45, 2.75) is 6.54 Å². The molecule has 4 rings (SSSR count). The van der Waals surface area contributed by atoms with Crippen LogP contribution in [0.15, 0.2) is 85.7 Å². The first-order valence-corrected chi connectivity index (χ1v) is 11.0. The molecule has 0 aliphatic carbocycles. The lowest BCUT2D eigenvalue weighted by molar-refractivity contribution is -0.122. The van der Waals surface area contributed by atoms with E-state index in [9.17, 15) is 4.79 Å². The Morgan fingerprint density at radius 2 is 1.93 bits per heavy atom.